The number of hydrogen-bond donors (Lipinski definition) is 3. The first-order chi connectivity index (χ1) is 12.6. The van der Waals surface area contributed by atoms with Crippen molar-refractivity contribution in [1.82, 2.24) is 10.9 Å². The number of hydroxylamine groups is 1. The van der Waals surface area contributed by atoms with Gasteiger partial charge in [-0.25, -0.2) is 5.43 Å². The Kier molecular flexibility index (Phi) is 5.62. The van der Waals surface area contributed by atoms with Gasteiger partial charge in [0.05, 0.1) is 16.8 Å². The molecule has 0 unspecified atom stereocenters. The quantitative estimate of drug-likeness (QED) is 0.442. The number of hydrogen-bond acceptors (Lipinski definition) is 6. The minimum absolute atomic E-state index is 0.153. The van der Waals surface area contributed by atoms with Gasteiger partial charge in [0.1, 0.15) is 5.75 Å². The van der Waals surface area contributed by atoms with E-state index in [0.29, 0.717) is 10.6 Å². The summed E-state index contributed by atoms with van der Waals surface area (Å²) in [6, 6.07) is 16.9. The molecule has 0 aliphatic carbocycles. The molecule has 2 aromatic carbocycles. The van der Waals surface area contributed by atoms with Gasteiger partial charge in [0, 0.05) is 10.1 Å². The van der Waals surface area contributed by atoms with E-state index in [1.54, 1.807) is 0 Å². The van der Waals surface area contributed by atoms with E-state index >= 15 is 0 Å². The van der Waals surface area contributed by atoms with Crippen LogP contribution < -0.4 is 10.9 Å². The number of carbonyl (C=O) groups excluding carboxylic acids is 1. The maximum atomic E-state index is 11.7. The lowest BCUT2D eigenvalue weighted by atomic mass is 10.2. The highest BCUT2D eigenvalue weighted by atomic mass is 32.1. The minimum Gasteiger partial charge on any atom is -0.506 e. The third-order valence-electron chi connectivity index (χ3n) is 3.49. The van der Waals surface area contributed by atoms with E-state index in [9.17, 15) is 9.90 Å². The number of rotatable bonds is 7. The number of benzene rings is 2. The summed E-state index contributed by atoms with van der Waals surface area (Å²) in [6.45, 7) is 3.60. The number of hydrazone groups is 1. The number of thiophene rings is 1. The molecule has 1 heterocycles. The third-order valence-corrected chi connectivity index (χ3v) is 4.58. The molecule has 0 aliphatic rings. The van der Waals surface area contributed by atoms with Gasteiger partial charge < -0.3 is 5.11 Å². The second-order valence-electron chi connectivity index (χ2n) is 5.34. The summed E-state index contributed by atoms with van der Waals surface area (Å²) in [6.07, 6.45) is 1.41. The van der Waals surface area contributed by atoms with Crippen molar-refractivity contribution in [3.05, 3.63) is 71.6 Å². The molecule has 3 rings (SSSR count). The summed E-state index contributed by atoms with van der Waals surface area (Å²) in [7, 11) is 0. The fraction of sp³-hybridized carbons (Fsp3) is 0.0526. The summed E-state index contributed by atoms with van der Waals surface area (Å²) >= 11 is 1.39. The van der Waals surface area contributed by atoms with Gasteiger partial charge in [-0.1, -0.05) is 49.0 Å². The summed E-state index contributed by atoms with van der Waals surface area (Å²) in [5.41, 5.74) is 6.39. The van der Waals surface area contributed by atoms with E-state index in [2.05, 4.69) is 22.6 Å². The fourth-order valence-electron chi connectivity index (χ4n) is 2.22. The summed E-state index contributed by atoms with van der Waals surface area (Å²) in [4.78, 5) is 17.4. The molecule has 0 bridgehead atoms. The van der Waals surface area contributed by atoms with Crippen LogP contribution in [0.2, 0.25) is 0 Å². The highest BCUT2D eigenvalue weighted by molar-refractivity contribution is 7.21. The van der Waals surface area contributed by atoms with Gasteiger partial charge in [-0.05, 0) is 17.7 Å². The first-order valence-corrected chi connectivity index (χ1v) is 8.61. The number of amides is 1. The number of aromatic hydroxyl groups is 1. The van der Waals surface area contributed by atoms with E-state index in [1.807, 2.05) is 54.6 Å². The van der Waals surface area contributed by atoms with Crippen LogP contribution in [-0.4, -0.2) is 23.8 Å². The lowest BCUT2D eigenvalue weighted by Gasteiger charge is -2.08. The Balaban J connectivity index is 1.47. The Labute approximate surface area is 154 Å². The average molecular weight is 367 g/mol. The van der Waals surface area contributed by atoms with Crippen LogP contribution >= 0.6 is 11.3 Å². The van der Waals surface area contributed by atoms with Crippen LogP contribution in [0.4, 0.5) is 0 Å². The molecule has 1 aromatic heterocycles. The predicted molar refractivity (Wildman–Crippen MR) is 104 cm³/mol. The Morgan fingerprint density at radius 3 is 2.69 bits per heavy atom. The molecule has 0 radical (unpaired) electrons. The van der Waals surface area contributed by atoms with Crippen LogP contribution in [0, 0.1) is 0 Å². The smallest absolute Gasteiger partial charge is 0.268 e. The van der Waals surface area contributed by atoms with E-state index < -0.39 is 5.91 Å². The van der Waals surface area contributed by atoms with Crippen molar-refractivity contribution in [1.29, 1.82) is 0 Å². The molecule has 7 heteroatoms. The molecule has 1 amide bonds. The number of nitrogens with zero attached hydrogens (tertiary/aromatic N) is 1. The molecule has 3 N–H and O–H groups in total. The van der Waals surface area contributed by atoms with Crippen molar-refractivity contribution in [3.63, 3.8) is 0 Å². The second-order valence-corrected chi connectivity index (χ2v) is 6.42. The molecule has 0 saturated heterocycles. The van der Waals surface area contributed by atoms with Crippen LogP contribution in [0.3, 0.4) is 0 Å². The minimum atomic E-state index is -0.435. The van der Waals surface area contributed by atoms with Crippen LogP contribution in [0.15, 0.2) is 66.3 Å². The van der Waals surface area contributed by atoms with Gasteiger partial charge in [-0.3, -0.25) is 15.1 Å². The maximum Gasteiger partial charge on any atom is 0.268 e. The Morgan fingerprint density at radius 2 is 1.92 bits per heavy atom. The van der Waals surface area contributed by atoms with Crippen LogP contribution in [0.5, 0.6) is 5.75 Å². The van der Waals surface area contributed by atoms with Crippen molar-refractivity contribution in [2.24, 2.45) is 5.10 Å². The molecule has 0 saturated carbocycles. The molecule has 0 fully saturated rings. The van der Waals surface area contributed by atoms with Crippen molar-refractivity contribution in [2.45, 2.75) is 0 Å². The van der Waals surface area contributed by atoms with Gasteiger partial charge >= 0.3 is 0 Å². The van der Waals surface area contributed by atoms with Crippen molar-refractivity contribution in [2.75, 3.05) is 6.61 Å². The molecule has 0 atom stereocenters. The Hall–Kier alpha value is -3.16. The molecule has 26 heavy (non-hydrogen) atoms. The zero-order valence-corrected chi connectivity index (χ0v) is 14.6. The summed E-state index contributed by atoms with van der Waals surface area (Å²) < 4.78 is 0.949. The van der Waals surface area contributed by atoms with Crippen molar-refractivity contribution in [3.8, 4) is 5.75 Å². The zero-order valence-electron chi connectivity index (χ0n) is 13.8. The summed E-state index contributed by atoms with van der Waals surface area (Å²) in [5, 5.41) is 14.7. The standard InChI is InChI=1S/C19H17N3O3S/c1-13(14-7-3-2-4-8-14)22-25-12-18(23)21-20-11-17-19(24)15-9-5-6-10-16(15)26-17/h2-11,22,24H,1,12H2,(H,21,23)/b20-11+. The largest absolute Gasteiger partial charge is 0.506 e. The highest BCUT2D eigenvalue weighted by Crippen LogP contribution is 2.35. The van der Waals surface area contributed by atoms with Gasteiger partial charge in [0.15, 0.2) is 6.61 Å². The third kappa shape index (κ3) is 4.27. The van der Waals surface area contributed by atoms with E-state index in [-0.39, 0.29) is 12.4 Å². The van der Waals surface area contributed by atoms with Crippen LogP contribution in [0.25, 0.3) is 15.8 Å². The molecule has 0 aliphatic heterocycles. The Bertz CT molecular complexity index is 951. The lowest BCUT2D eigenvalue weighted by Crippen LogP contribution is -2.26. The molecule has 132 valence electrons. The van der Waals surface area contributed by atoms with Gasteiger partial charge in [0.25, 0.3) is 5.91 Å². The van der Waals surface area contributed by atoms with Gasteiger partial charge in [0.2, 0.25) is 0 Å². The predicted octanol–water partition coefficient (Wildman–Crippen LogP) is 3.25. The normalized spacial score (nSPS) is 10.9. The van der Waals surface area contributed by atoms with E-state index in [0.717, 1.165) is 15.6 Å². The first-order valence-electron chi connectivity index (χ1n) is 7.79. The maximum absolute atomic E-state index is 11.7. The first kappa shape index (κ1) is 17.7. The molecule has 6 nitrogen and oxygen atoms in total. The molecule has 0 spiro atoms. The molecular formula is C19H17N3O3S. The van der Waals surface area contributed by atoms with Gasteiger partial charge in [-0.15, -0.1) is 11.3 Å². The SMILES string of the molecule is C=C(NOCC(=O)N/N=C/c1sc2ccccc2c1O)c1ccccc1. The van der Waals surface area contributed by atoms with Crippen LogP contribution in [-0.2, 0) is 9.63 Å². The average Bonchev–Trinajstić information content (AvgIpc) is 2.98. The van der Waals surface area contributed by atoms with Crippen LogP contribution in [0.1, 0.15) is 10.4 Å². The molecule has 3 aromatic rings. The number of nitrogens with one attached hydrogen (secondary N) is 2. The topological polar surface area (TPSA) is 83.0 Å². The highest BCUT2D eigenvalue weighted by Gasteiger charge is 2.08. The van der Waals surface area contributed by atoms with E-state index in [1.165, 1.54) is 17.6 Å². The number of fused-ring (bicyclic) bond motifs is 1. The van der Waals surface area contributed by atoms with Crippen molar-refractivity contribution < 1.29 is 14.7 Å². The van der Waals surface area contributed by atoms with Gasteiger partial charge in [-0.2, -0.15) is 5.10 Å². The Morgan fingerprint density at radius 1 is 1.19 bits per heavy atom. The lowest BCUT2D eigenvalue weighted by molar-refractivity contribution is -0.127. The van der Waals surface area contributed by atoms with E-state index in [4.69, 9.17) is 4.84 Å². The second kappa shape index (κ2) is 8.28. The zero-order chi connectivity index (χ0) is 18.4. The monoisotopic (exact) mass is 367 g/mol. The van der Waals surface area contributed by atoms with Crippen molar-refractivity contribution >= 4 is 39.2 Å². The fourth-order valence-corrected chi connectivity index (χ4v) is 3.19. The summed E-state index contributed by atoms with van der Waals surface area (Å²) in [5.74, 6) is -0.282. The number of carbonyl (C=O) groups is 1. The molecular weight excluding hydrogens is 350 g/mol.